The number of terminal acetylenes is 1. The molecule has 4 aromatic carbocycles. The van der Waals surface area contributed by atoms with Crippen LogP contribution in [0.2, 0.25) is 0 Å². The summed E-state index contributed by atoms with van der Waals surface area (Å²) in [5.74, 6) is 5.53. The van der Waals surface area contributed by atoms with Crippen molar-refractivity contribution >= 4 is 5.91 Å². The Morgan fingerprint density at radius 2 is 1.29 bits per heavy atom. The average Bonchev–Trinajstić information content (AvgIpc) is 3.45. The molecule has 1 heterocycles. The Labute approximate surface area is 247 Å². The number of hydrogen-bond donors (Lipinski definition) is 1. The lowest BCUT2D eigenvalue weighted by molar-refractivity contribution is -0.120. The largest absolute Gasteiger partial charge is 0.489 e. The van der Waals surface area contributed by atoms with Crippen LogP contribution >= 0.6 is 0 Å². The van der Waals surface area contributed by atoms with Gasteiger partial charge in [-0.1, -0.05) is 90.8 Å². The second-order valence-electron chi connectivity index (χ2n) is 9.54. The normalized spacial score (nSPS) is 10.1. The van der Waals surface area contributed by atoms with Crippen molar-refractivity contribution in [3.63, 3.8) is 0 Å². The number of benzene rings is 4. The van der Waals surface area contributed by atoms with Crippen molar-refractivity contribution in [3.8, 4) is 23.8 Å². The molecule has 0 aliphatic heterocycles. The summed E-state index contributed by atoms with van der Waals surface area (Å²) in [5.41, 5.74) is 4.37. The van der Waals surface area contributed by atoms with E-state index in [-0.39, 0.29) is 12.5 Å². The van der Waals surface area contributed by atoms with Gasteiger partial charge in [-0.2, -0.15) is 0 Å². The highest BCUT2D eigenvalue weighted by molar-refractivity contribution is 5.78. The van der Waals surface area contributed by atoms with Gasteiger partial charge in [-0.05, 0) is 53.4 Å². The van der Waals surface area contributed by atoms with E-state index in [2.05, 4.69) is 28.4 Å². The quantitative estimate of drug-likeness (QED) is 0.182. The minimum atomic E-state index is -0.0779. The van der Waals surface area contributed by atoms with E-state index in [0.29, 0.717) is 26.1 Å². The molecule has 42 heavy (non-hydrogen) atoms. The molecular formula is C36H34N2O4. The average molecular weight is 559 g/mol. The number of hydrogen-bond acceptors (Lipinski definition) is 5. The van der Waals surface area contributed by atoms with Crippen LogP contribution in [-0.2, 0) is 30.8 Å². The third-order valence-corrected chi connectivity index (χ3v) is 6.12. The van der Waals surface area contributed by atoms with Crippen LogP contribution in [0.1, 0.15) is 33.9 Å². The molecule has 0 bridgehead atoms. The number of nitrogens with one attached hydrogen (secondary N) is 1. The van der Waals surface area contributed by atoms with Gasteiger partial charge >= 0.3 is 0 Å². The zero-order valence-electron chi connectivity index (χ0n) is 23.7. The number of nitrogens with zero attached hydrogens (tertiary/aromatic N) is 1. The molecule has 0 aliphatic carbocycles. The minimum absolute atomic E-state index is 0.0779. The molecule has 1 amide bonds. The van der Waals surface area contributed by atoms with Crippen molar-refractivity contribution in [2.24, 2.45) is 0 Å². The van der Waals surface area contributed by atoms with Crippen LogP contribution in [-0.4, -0.2) is 17.4 Å². The second-order valence-corrected chi connectivity index (χ2v) is 9.54. The maximum atomic E-state index is 11.5. The molecule has 212 valence electrons. The van der Waals surface area contributed by atoms with Crippen LogP contribution in [0, 0.1) is 19.3 Å². The first kappa shape index (κ1) is 29.7. The van der Waals surface area contributed by atoms with E-state index in [1.165, 1.54) is 0 Å². The fraction of sp³-hybridized carbons (Fsp3) is 0.167. The van der Waals surface area contributed by atoms with Crippen molar-refractivity contribution in [3.05, 3.63) is 149 Å². The highest BCUT2D eigenvalue weighted by Gasteiger charge is 2.04. The van der Waals surface area contributed by atoms with Gasteiger partial charge in [0, 0.05) is 6.42 Å². The summed E-state index contributed by atoms with van der Waals surface area (Å²) in [5, 5.41) is 2.64. The number of oxazole rings is 1. The molecule has 0 saturated heterocycles. The molecule has 0 aliphatic rings. The van der Waals surface area contributed by atoms with Crippen LogP contribution in [0.25, 0.3) is 0 Å². The molecule has 0 atom stereocenters. The van der Waals surface area contributed by atoms with Crippen LogP contribution in [0.5, 0.6) is 11.5 Å². The number of ether oxygens (including phenoxy) is 2. The summed E-state index contributed by atoms with van der Waals surface area (Å²) >= 11 is 0. The molecule has 0 fully saturated rings. The fourth-order valence-corrected chi connectivity index (χ4v) is 3.94. The van der Waals surface area contributed by atoms with E-state index >= 15 is 0 Å². The Kier molecular flexibility index (Phi) is 11.4. The topological polar surface area (TPSA) is 73.6 Å². The predicted octanol–water partition coefficient (Wildman–Crippen LogP) is 6.71. The molecule has 5 aromatic rings. The summed E-state index contributed by atoms with van der Waals surface area (Å²) in [6.07, 6.45) is 7.85. The maximum Gasteiger partial charge on any atom is 0.225 e. The van der Waals surface area contributed by atoms with E-state index in [0.717, 1.165) is 45.4 Å². The SMILES string of the molecule is C#CCNC(=O)Cc1ccc(OCc2ccccc2)cc1.Cc1cnc(Cc2ccc(OCc3ccccc3)cc2)o1. The van der Waals surface area contributed by atoms with E-state index in [4.69, 9.17) is 20.3 Å². The van der Waals surface area contributed by atoms with Crippen molar-refractivity contribution in [2.45, 2.75) is 33.0 Å². The molecule has 1 N–H and O–H groups in total. The van der Waals surface area contributed by atoms with E-state index in [1.54, 1.807) is 6.20 Å². The van der Waals surface area contributed by atoms with E-state index in [1.807, 2.05) is 104 Å². The highest BCUT2D eigenvalue weighted by atomic mass is 16.5. The first-order valence-electron chi connectivity index (χ1n) is 13.7. The Morgan fingerprint density at radius 1 is 0.762 bits per heavy atom. The lowest BCUT2D eigenvalue weighted by atomic mass is 10.1. The molecule has 0 radical (unpaired) electrons. The smallest absolute Gasteiger partial charge is 0.225 e. The third kappa shape index (κ3) is 10.4. The van der Waals surface area contributed by atoms with Gasteiger partial charge in [-0.15, -0.1) is 6.42 Å². The van der Waals surface area contributed by atoms with Crippen LogP contribution < -0.4 is 14.8 Å². The summed E-state index contributed by atoms with van der Waals surface area (Å²) in [7, 11) is 0. The molecular weight excluding hydrogens is 524 g/mol. The van der Waals surface area contributed by atoms with Crippen LogP contribution in [0.3, 0.4) is 0 Å². The number of amides is 1. The first-order valence-corrected chi connectivity index (χ1v) is 13.7. The Balaban J connectivity index is 0.000000193. The predicted molar refractivity (Wildman–Crippen MR) is 164 cm³/mol. The van der Waals surface area contributed by atoms with Crippen molar-refractivity contribution in [1.82, 2.24) is 10.3 Å². The Morgan fingerprint density at radius 3 is 1.76 bits per heavy atom. The highest BCUT2D eigenvalue weighted by Crippen LogP contribution is 2.17. The zero-order chi connectivity index (χ0) is 29.4. The second kappa shape index (κ2) is 16.1. The van der Waals surface area contributed by atoms with Gasteiger partial charge in [0.1, 0.15) is 30.5 Å². The molecule has 5 rings (SSSR count). The summed E-state index contributed by atoms with van der Waals surface area (Å²) in [4.78, 5) is 15.7. The Hall–Kier alpha value is -5.28. The number of carbonyl (C=O) groups excluding carboxylic acids is 1. The van der Waals surface area contributed by atoms with Gasteiger partial charge in [0.15, 0.2) is 5.89 Å². The first-order chi connectivity index (χ1) is 20.6. The van der Waals surface area contributed by atoms with Gasteiger partial charge in [0.05, 0.1) is 19.2 Å². The van der Waals surface area contributed by atoms with Gasteiger partial charge in [-0.25, -0.2) is 4.98 Å². The van der Waals surface area contributed by atoms with Gasteiger partial charge < -0.3 is 19.2 Å². The van der Waals surface area contributed by atoms with Crippen molar-refractivity contribution < 1.29 is 18.7 Å². The summed E-state index contributed by atoms with van der Waals surface area (Å²) in [6.45, 7) is 3.27. The number of carbonyl (C=O) groups is 1. The van der Waals surface area contributed by atoms with E-state index in [9.17, 15) is 4.79 Å². The van der Waals surface area contributed by atoms with E-state index < -0.39 is 0 Å². The van der Waals surface area contributed by atoms with Gasteiger partial charge in [0.2, 0.25) is 5.91 Å². The zero-order valence-corrected chi connectivity index (χ0v) is 23.7. The monoisotopic (exact) mass is 558 g/mol. The van der Waals surface area contributed by atoms with Crippen molar-refractivity contribution in [2.75, 3.05) is 6.54 Å². The maximum absolute atomic E-state index is 11.5. The van der Waals surface area contributed by atoms with Crippen LogP contribution in [0.15, 0.2) is 120 Å². The molecule has 1 aromatic heterocycles. The molecule has 6 nitrogen and oxygen atoms in total. The molecule has 0 unspecified atom stereocenters. The minimum Gasteiger partial charge on any atom is -0.489 e. The van der Waals surface area contributed by atoms with Gasteiger partial charge in [0.25, 0.3) is 0 Å². The lowest BCUT2D eigenvalue weighted by Crippen LogP contribution is -2.25. The molecule has 6 heteroatoms. The van der Waals surface area contributed by atoms with Crippen LogP contribution in [0.4, 0.5) is 0 Å². The number of aryl methyl sites for hydroxylation is 1. The number of rotatable bonds is 11. The summed E-state index contributed by atoms with van der Waals surface area (Å²) in [6, 6.07) is 35.7. The number of aromatic nitrogens is 1. The summed E-state index contributed by atoms with van der Waals surface area (Å²) < 4.78 is 16.9. The Bertz CT molecular complexity index is 1540. The standard InChI is InChI=1S/2C18H17NO2/c1-14-12-19-18(21-14)11-15-7-9-17(10-8-15)20-13-16-5-3-2-4-6-16;1-2-12-19-18(20)13-15-8-10-17(11-9-15)21-14-16-6-4-3-5-7-16/h2-10,12H,11,13H2,1H3;1,3-11H,12-14H2,(H,19,20). The van der Waals surface area contributed by atoms with Gasteiger partial charge in [-0.3, -0.25) is 4.79 Å². The lowest BCUT2D eigenvalue weighted by Gasteiger charge is -2.07. The fourth-order valence-electron chi connectivity index (χ4n) is 3.94. The third-order valence-electron chi connectivity index (χ3n) is 6.12. The molecule has 0 spiro atoms. The van der Waals surface area contributed by atoms with Crippen molar-refractivity contribution in [1.29, 1.82) is 0 Å². The molecule has 0 saturated carbocycles.